The molecule has 29 heavy (non-hydrogen) atoms. The van der Waals surface area contributed by atoms with Crippen LogP contribution in [0.5, 0.6) is 5.75 Å². The van der Waals surface area contributed by atoms with Gasteiger partial charge in [0.15, 0.2) is 0 Å². The summed E-state index contributed by atoms with van der Waals surface area (Å²) in [5, 5.41) is 20.8. The average Bonchev–Trinajstić information content (AvgIpc) is 3.37. The van der Waals surface area contributed by atoms with E-state index in [1.165, 1.54) is 12.1 Å². The molecule has 2 aliphatic heterocycles. The van der Waals surface area contributed by atoms with E-state index in [-0.39, 0.29) is 16.8 Å². The van der Waals surface area contributed by atoms with Gasteiger partial charge in [-0.1, -0.05) is 35.3 Å². The van der Waals surface area contributed by atoms with E-state index in [0.29, 0.717) is 22.8 Å². The number of thiophene rings is 1. The molecule has 3 heterocycles. The Balaban J connectivity index is 1.63. The van der Waals surface area contributed by atoms with E-state index in [2.05, 4.69) is 0 Å². The lowest BCUT2D eigenvalue weighted by atomic mass is 9.97. The molecule has 0 saturated heterocycles. The third-order valence-corrected chi connectivity index (χ3v) is 6.48. The fraction of sp³-hybridized carbons (Fsp3) is 0.150. The number of rotatable bonds is 3. The smallest absolute Gasteiger partial charge is 0.288 e. The van der Waals surface area contributed by atoms with Crippen LogP contribution in [0, 0.1) is 10.1 Å². The van der Waals surface area contributed by atoms with Crippen LogP contribution in [0.4, 0.5) is 5.69 Å². The molecule has 0 unspecified atom stereocenters. The molecule has 6 nitrogen and oxygen atoms in total. The van der Waals surface area contributed by atoms with Crippen LogP contribution in [0.25, 0.3) is 0 Å². The van der Waals surface area contributed by atoms with Crippen LogP contribution in [0.1, 0.15) is 34.7 Å². The molecule has 9 heteroatoms. The minimum atomic E-state index is -0.609. The van der Waals surface area contributed by atoms with Crippen molar-refractivity contribution in [1.82, 2.24) is 5.01 Å². The van der Waals surface area contributed by atoms with E-state index in [4.69, 9.17) is 33.0 Å². The van der Waals surface area contributed by atoms with Crippen molar-refractivity contribution in [2.45, 2.75) is 18.7 Å². The van der Waals surface area contributed by atoms with Crippen molar-refractivity contribution in [1.29, 1.82) is 0 Å². The molecule has 0 amide bonds. The number of nitro benzene ring substituents is 1. The standard InChI is InChI=1S/C20H13Cl2N3O3S/c21-12-4-6-18-13(9-12)16-10-15(19-2-1-7-29-19)23-24(16)20(28-18)11-3-5-14(22)17(8-11)25(26)27/h1-9,16,20H,10H2/t16-,20+/m1/s1. The van der Waals surface area contributed by atoms with Gasteiger partial charge >= 0.3 is 0 Å². The van der Waals surface area contributed by atoms with E-state index < -0.39 is 11.2 Å². The molecule has 0 spiro atoms. The summed E-state index contributed by atoms with van der Waals surface area (Å²) in [6, 6.07) is 14.1. The van der Waals surface area contributed by atoms with Gasteiger partial charge in [-0.2, -0.15) is 5.10 Å². The predicted octanol–water partition coefficient (Wildman–Crippen LogP) is 6.21. The molecule has 1 aromatic heterocycles. The van der Waals surface area contributed by atoms with Crippen molar-refractivity contribution >= 4 is 45.9 Å². The van der Waals surface area contributed by atoms with Gasteiger partial charge in [-0.05, 0) is 35.7 Å². The van der Waals surface area contributed by atoms with Crippen LogP contribution in [-0.4, -0.2) is 15.6 Å². The highest BCUT2D eigenvalue weighted by molar-refractivity contribution is 7.12. The number of hydrogen-bond acceptors (Lipinski definition) is 6. The van der Waals surface area contributed by atoms with Gasteiger partial charge in [0.25, 0.3) is 5.69 Å². The lowest BCUT2D eigenvalue weighted by Crippen LogP contribution is -2.33. The van der Waals surface area contributed by atoms with E-state index in [9.17, 15) is 10.1 Å². The fourth-order valence-corrected chi connectivity index (χ4v) is 4.78. The highest BCUT2D eigenvalue weighted by atomic mass is 35.5. The van der Waals surface area contributed by atoms with Crippen LogP contribution in [-0.2, 0) is 0 Å². The Bertz CT molecular complexity index is 1150. The van der Waals surface area contributed by atoms with E-state index in [1.807, 2.05) is 34.7 Å². The molecule has 5 rings (SSSR count). The lowest BCUT2D eigenvalue weighted by molar-refractivity contribution is -0.384. The van der Waals surface area contributed by atoms with Gasteiger partial charge in [-0.15, -0.1) is 11.3 Å². The van der Waals surface area contributed by atoms with Gasteiger partial charge in [0.1, 0.15) is 10.8 Å². The number of fused-ring (bicyclic) bond motifs is 3. The van der Waals surface area contributed by atoms with Crippen LogP contribution < -0.4 is 4.74 Å². The van der Waals surface area contributed by atoms with Crippen molar-refractivity contribution < 1.29 is 9.66 Å². The van der Waals surface area contributed by atoms with E-state index >= 15 is 0 Å². The first kappa shape index (κ1) is 18.4. The monoisotopic (exact) mass is 445 g/mol. The summed E-state index contributed by atoms with van der Waals surface area (Å²) in [4.78, 5) is 11.9. The summed E-state index contributed by atoms with van der Waals surface area (Å²) in [5.41, 5.74) is 2.36. The van der Waals surface area contributed by atoms with Gasteiger partial charge in [-0.3, -0.25) is 10.1 Å². The minimum absolute atomic E-state index is 0.0747. The Morgan fingerprint density at radius 1 is 1.21 bits per heavy atom. The first-order valence-corrected chi connectivity index (χ1v) is 10.4. The summed E-state index contributed by atoms with van der Waals surface area (Å²) in [6.45, 7) is 0. The Hall–Kier alpha value is -2.61. The average molecular weight is 446 g/mol. The summed E-state index contributed by atoms with van der Waals surface area (Å²) < 4.78 is 6.23. The molecule has 0 fully saturated rings. The summed E-state index contributed by atoms with van der Waals surface area (Å²) in [6.07, 6.45) is 0.0887. The van der Waals surface area contributed by atoms with Crippen LogP contribution in [0.2, 0.25) is 10.0 Å². The maximum Gasteiger partial charge on any atom is 0.288 e. The third-order valence-electron chi connectivity index (χ3n) is 5.01. The molecule has 0 saturated carbocycles. The molecule has 2 aromatic carbocycles. The molecule has 0 radical (unpaired) electrons. The van der Waals surface area contributed by atoms with Crippen molar-refractivity contribution in [2.24, 2.45) is 5.10 Å². The molecule has 0 bridgehead atoms. The van der Waals surface area contributed by atoms with E-state index in [1.54, 1.807) is 23.5 Å². The third kappa shape index (κ3) is 3.15. The molecular weight excluding hydrogens is 433 g/mol. The van der Waals surface area contributed by atoms with Crippen molar-refractivity contribution in [2.75, 3.05) is 0 Å². The number of nitrogens with zero attached hydrogens (tertiary/aromatic N) is 3. The maximum atomic E-state index is 11.4. The summed E-state index contributed by atoms with van der Waals surface area (Å²) >= 11 is 13.8. The zero-order chi connectivity index (χ0) is 20.1. The molecule has 0 N–H and O–H groups in total. The number of halogens is 2. The van der Waals surface area contributed by atoms with E-state index in [0.717, 1.165) is 16.2 Å². The second-order valence-corrected chi connectivity index (χ2v) is 8.54. The Labute approximate surface area is 180 Å². The first-order valence-electron chi connectivity index (χ1n) is 8.81. The zero-order valence-electron chi connectivity index (χ0n) is 14.8. The molecule has 2 aliphatic rings. The normalized spacial score (nSPS) is 19.9. The van der Waals surface area contributed by atoms with Crippen molar-refractivity contribution in [3.63, 3.8) is 0 Å². The molecule has 2 atom stereocenters. The van der Waals surface area contributed by atoms with Crippen LogP contribution in [0.3, 0.4) is 0 Å². The topological polar surface area (TPSA) is 68.0 Å². The SMILES string of the molecule is O=[N+]([O-])c1cc([C@@H]2Oc3ccc(Cl)cc3[C@H]3CC(c4cccs4)=NN32)ccc1Cl. The molecular formula is C20H13Cl2N3O3S. The van der Waals surface area contributed by atoms with Crippen molar-refractivity contribution in [3.8, 4) is 5.75 Å². The number of benzene rings is 2. The van der Waals surface area contributed by atoms with Gasteiger partial charge in [-0.25, -0.2) is 5.01 Å². The lowest BCUT2D eigenvalue weighted by Gasteiger charge is -2.38. The number of ether oxygens (including phenoxy) is 1. The fourth-order valence-electron chi connectivity index (χ4n) is 3.69. The Morgan fingerprint density at radius 3 is 2.83 bits per heavy atom. The highest BCUT2D eigenvalue weighted by Gasteiger charge is 2.41. The Kier molecular flexibility index (Phi) is 4.46. The first-order chi connectivity index (χ1) is 14.0. The molecule has 146 valence electrons. The van der Waals surface area contributed by atoms with Gasteiger partial charge in [0, 0.05) is 28.6 Å². The van der Waals surface area contributed by atoms with Gasteiger partial charge in [0.2, 0.25) is 6.23 Å². The summed E-state index contributed by atoms with van der Waals surface area (Å²) in [7, 11) is 0. The van der Waals surface area contributed by atoms with Gasteiger partial charge < -0.3 is 4.74 Å². The molecule has 0 aliphatic carbocycles. The largest absolute Gasteiger partial charge is 0.464 e. The summed E-state index contributed by atoms with van der Waals surface area (Å²) in [5.74, 6) is 0.695. The second-order valence-electron chi connectivity index (χ2n) is 6.74. The second kappa shape index (κ2) is 7.02. The highest BCUT2D eigenvalue weighted by Crippen LogP contribution is 2.49. The maximum absolute atomic E-state index is 11.4. The van der Waals surface area contributed by atoms with Crippen molar-refractivity contribution in [3.05, 3.63) is 90.1 Å². The predicted molar refractivity (Wildman–Crippen MR) is 113 cm³/mol. The van der Waals surface area contributed by atoms with Gasteiger partial charge in [0.05, 0.1) is 21.6 Å². The van der Waals surface area contributed by atoms with Crippen LogP contribution >= 0.6 is 34.5 Å². The number of nitro groups is 1. The van der Waals surface area contributed by atoms with Crippen LogP contribution in [0.15, 0.2) is 59.0 Å². The number of hydrogen-bond donors (Lipinski definition) is 0. The number of hydrazone groups is 1. The Morgan fingerprint density at radius 2 is 2.07 bits per heavy atom. The molecule has 3 aromatic rings. The quantitative estimate of drug-likeness (QED) is 0.355. The zero-order valence-corrected chi connectivity index (χ0v) is 17.1. The minimum Gasteiger partial charge on any atom is -0.464 e.